The quantitative estimate of drug-likeness (QED) is 0.145. The first-order chi connectivity index (χ1) is 19.3. The van der Waals surface area contributed by atoms with Crippen LogP contribution in [0.5, 0.6) is 5.75 Å². The molecule has 0 aromatic heterocycles. The number of hydrogen-bond donors (Lipinski definition) is 4. The molecule has 4 aromatic rings. The van der Waals surface area contributed by atoms with Crippen molar-refractivity contribution in [3.05, 3.63) is 113 Å². The van der Waals surface area contributed by atoms with E-state index in [1.165, 1.54) is 0 Å². The Kier molecular flexibility index (Phi) is 9.88. The van der Waals surface area contributed by atoms with Crippen LogP contribution in [0, 0.1) is 5.92 Å². The van der Waals surface area contributed by atoms with Gasteiger partial charge in [0.25, 0.3) is 11.8 Å². The lowest BCUT2D eigenvalue weighted by molar-refractivity contribution is 0.0976. The largest absolute Gasteiger partial charge is 0.492 e. The second-order valence-electron chi connectivity index (χ2n) is 9.33. The Morgan fingerprint density at radius 1 is 0.800 bits per heavy atom. The van der Waals surface area contributed by atoms with Crippen LogP contribution in [0.3, 0.4) is 0 Å². The third-order valence-electron chi connectivity index (χ3n) is 5.62. The van der Waals surface area contributed by atoms with Gasteiger partial charge in [-0.15, -0.1) is 0 Å². The van der Waals surface area contributed by atoms with Gasteiger partial charge in [-0.25, -0.2) is 0 Å². The van der Waals surface area contributed by atoms with Crippen LogP contribution in [-0.2, 0) is 0 Å². The first kappa shape index (κ1) is 28.8. The third-order valence-corrected chi connectivity index (χ3v) is 6.44. The van der Waals surface area contributed by atoms with E-state index in [1.807, 2.05) is 54.6 Å². The van der Waals surface area contributed by atoms with Crippen molar-refractivity contribution >= 4 is 67.8 Å². The summed E-state index contributed by atoms with van der Waals surface area (Å²) in [6, 6.07) is 29.3. The second-order valence-corrected chi connectivity index (χ2v) is 10.6. The van der Waals surface area contributed by atoms with Crippen molar-refractivity contribution in [1.29, 1.82) is 0 Å². The predicted octanol–water partition coefficient (Wildman–Crippen LogP) is 7.61. The number of hydrogen-bond acceptors (Lipinski definition) is 5. The highest BCUT2D eigenvalue weighted by molar-refractivity contribution is 9.10. The maximum absolute atomic E-state index is 13.1. The van der Waals surface area contributed by atoms with Gasteiger partial charge in [0, 0.05) is 22.6 Å². The first-order valence-electron chi connectivity index (χ1n) is 12.7. The van der Waals surface area contributed by atoms with E-state index < -0.39 is 0 Å². The summed E-state index contributed by atoms with van der Waals surface area (Å²) in [6.45, 7) is 4.70. The van der Waals surface area contributed by atoms with Crippen LogP contribution in [0.2, 0.25) is 0 Å². The molecule has 0 radical (unpaired) electrons. The van der Waals surface area contributed by atoms with Crippen LogP contribution in [-0.4, -0.2) is 23.5 Å². The maximum Gasteiger partial charge on any atom is 0.257 e. The molecule has 0 saturated heterocycles. The molecule has 4 aromatic carbocycles. The lowest BCUT2D eigenvalue weighted by Crippen LogP contribution is -2.34. The van der Waals surface area contributed by atoms with Gasteiger partial charge in [-0.05, 0) is 101 Å². The molecule has 0 aliphatic rings. The highest BCUT2D eigenvalue weighted by Gasteiger charge is 2.15. The summed E-state index contributed by atoms with van der Waals surface area (Å²) in [5.41, 5.74) is 3.76. The minimum Gasteiger partial charge on any atom is -0.492 e. The fourth-order valence-electron chi connectivity index (χ4n) is 3.66. The Labute approximate surface area is 247 Å². The first-order valence-corrected chi connectivity index (χ1v) is 13.9. The van der Waals surface area contributed by atoms with Crippen LogP contribution in [0.1, 0.15) is 34.6 Å². The molecule has 0 aliphatic heterocycles. The number of amides is 2. The third kappa shape index (κ3) is 8.14. The number of halogens is 1. The average molecular weight is 618 g/mol. The van der Waals surface area contributed by atoms with Gasteiger partial charge in [0.2, 0.25) is 0 Å². The summed E-state index contributed by atoms with van der Waals surface area (Å²) in [6.07, 6.45) is 0. The number of thiocarbonyl (C=S) groups is 1. The molecule has 4 rings (SSSR count). The highest BCUT2D eigenvalue weighted by atomic mass is 79.9. The molecule has 2 amide bonds. The molecule has 0 aliphatic carbocycles. The summed E-state index contributed by atoms with van der Waals surface area (Å²) in [7, 11) is 0. The number of anilines is 4. The van der Waals surface area contributed by atoms with E-state index >= 15 is 0 Å². The van der Waals surface area contributed by atoms with E-state index in [0.717, 1.165) is 11.4 Å². The Hall–Kier alpha value is -4.21. The summed E-state index contributed by atoms with van der Waals surface area (Å²) in [4.78, 5) is 25.9. The van der Waals surface area contributed by atoms with E-state index in [-0.39, 0.29) is 16.9 Å². The van der Waals surface area contributed by atoms with Gasteiger partial charge in [-0.1, -0.05) is 44.2 Å². The van der Waals surface area contributed by atoms with Gasteiger partial charge in [0.1, 0.15) is 5.75 Å². The number of benzene rings is 4. The van der Waals surface area contributed by atoms with Gasteiger partial charge in [-0.2, -0.15) is 0 Å². The van der Waals surface area contributed by atoms with Crippen LogP contribution in [0.25, 0.3) is 0 Å². The van der Waals surface area contributed by atoms with Gasteiger partial charge in [-0.3, -0.25) is 14.9 Å². The molecule has 0 heterocycles. The minimum atomic E-state index is -0.389. The zero-order chi connectivity index (χ0) is 28.5. The van der Waals surface area contributed by atoms with Crippen molar-refractivity contribution in [3.63, 3.8) is 0 Å². The molecule has 0 saturated carbocycles. The molecule has 0 fully saturated rings. The SMILES string of the molecule is CC(C)COc1ccc(C(=O)NC(=S)Nc2ccccc2C(=O)Nc2ccc(Nc3ccccc3)cc2)cc1Br. The fraction of sp³-hybridized carbons (Fsp3) is 0.129. The second kappa shape index (κ2) is 13.7. The molecular formula is C31H29BrN4O3S. The molecular weight excluding hydrogens is 588 g/mol. The Morgan fingerprint density at radius 3 is 2.15 bits per heavy atom. The van der Waals surface area contributed by atoms with Crippen LogP contribution < -0.4 is 26.0 Å². The standard InChI is InChI=1S/C31H29BrN4O3S/c1-20(2)19-39-28-17-12-21(18-26(28)32)29(37)36-31(40)35-27-11-7-6-10-25(27)30(38)34-24-15-13-23(14-16-24)33-22-8-4-3-5-9-22/h3-18,20,33H,19H2,1-2H3,(H,34,38)(H2,35,36,37,40). The molecule has 204 valence electrons. The molecule has 4 N–H and O–H groups in total. The van der Waals surface area contributed by atoms with E-state index in [0.29, 0.717) is 45.2 Å². The van der Waals surface area contributed by atoms with Crippen molar-refractivity contribution in [2.45, 2.75) is 13.8 Å². The van der Waals surface area contributed by atoms with Crippen LogP contribution in [0.15, 0.2) is 102 Å². The molecule has 40 heavy (non-hydrogen) atoms. The van der Waals surface area contributed by atoms with Crippen molar-refractivity contribution in [2.24, 2.45) is 5.92 Å². The molecule has 0 bridgehead atoms. The topological polar surface area (TPSA) is 91.5 Å². The number of carbonyl (C=O) groups excluding carboxylic acids is 2. The molecule has 9 heteroatoms. The van der Waals surface area contributed by atoms with E-state index in [2.05, 4.69) is 51.0 Å². The maximum atomic E-state index is 13.1. The predicted molar refractivity (Wildman–Crippen MR) is 169 cm³/mol. The Balaban J connectivity index is 1.36. The fourth-order valence-corrected chi connectivity index (χ4v) is 4.35. The van der Waals surface area contributed by atoms with Gasteiger partial charge in [0.15, 0.2) is 5.11 Å². The van der Waals surface area contributed by atoms with Gasteiger partial charge < -0.3 is 20.7 Å². The van der Waals surface area contributed by atoms with Crippen LogP contribution in [0.4, 0.5) is 22.7 Å². The van der Waals surface area contributed by atoms with Crippen LogP contribution >= 0.6 is 28.1 Å². The molecule has 0 spiro atoms. The summed E-state index contributed by atoms with van der Waals surface area (Å²) >= 11 is 8.82. The van der Waals surface area contributed by atoms with Crippen molar-refractivity contribution in [2.75, 3.05) is 22.6 Å². The molecule has 7 nitrogen and oxygen atoms in total. The van der Waals surface area contributed by atoms with Gasteiger partial charge >= 0.3 is 0 Å². The highest BCUT2D eigenvalue weighted by Crippen LogP contribution is 2.27. The van der Waals surface area contributed by atoms with Crippen molar-refractivity contribution < 1.29 is 14.3 Å². The van der Waals surface area contributed by atoms with E-state index in [1.54, 1.807) is 42.5 Å². The normalized spacial score (nSPS) is 10.5. The monoisotopic (exact) mass is 616 g/mol. The summed E-state index contributed by atoms with van der Waals surface area (Å²) in [5.74, 6) is 0.334. The number of ether oxygens (including phenoxy) is 1. The number of nitrogens with one attached hydrogen (secondary N) is 4. The smallest absolute Gasteiger partial charge is 0.257 e. The molecule has 0 atom stereocenters. The Bertz CT molecular complexity index is 1490. The van der Waals surface area contributed by atoms with Crippen molar-refractivity contribution in [3.8, 4) is 5.75 Å². The number of carbonyl (C=O) groups is 2. The summed E-state index contributed by atoms with van der Waals surface area (Å²) < 4.78 is 6.42. The average Bonchev–Trinajstić information content (AvgIpc) is 2.94. The minimum absolute atomic E-state index is 0.0675. The van der Waals surface area contributed by atoms with E-state index in [4.69, 9.17) is 17.0 Å². The summed E-state index contributed by atoms with van der Waals surface area (Å²) in [5, 5.41) is 11.9. The number of rotatable bonds is 9. The van der Waals surface area contributed by atoms with Crippen molar-refractivity contribution in [1.82, 2.24) is 5.32 Å². The van der Waals surface area contributed by atoms with Gasteiger partial charge in [0.05, 0.1) is 22.3 Å². The molecule has 0 unspecified atom stereocenters. The number of para-hydroxylation sites is 2. The lowest BCUT2D eigenvalue weighted by atomic mass is 10.1. The lowest BCUT2D eigenvalue weighted by Gasteiger charge is -2.15. The Morgan fingerprint density at radius 2 is 1.45 bits per heavy atom. The zero-order valence-electron chi connectivity index (χ0n) is 22.0. The van der Waals surface area contributed by atoms with E-state index in [9.17, 15) is 9.59 Å². The zero-order valence-corrected chi connectivity index (χ0v) is 24.4.